The van der Waals surface area contributed by atoms with Crippen LogP contribution in [-0.2, 0) is 4.74 Å². The molecule has 0 saturated heterocycles. The summed E-state index contributed by atoms with van der Waals surface area (Å²) in [7, 11) is 0. The molecular weight excluding hydrogens is 292 g/mol. The average Bonchev–Trinajstić information content (AvgIpc) is 2.56. The molecule has 0 aliphatic heterocycles. The standard InChI is InChI=1S/C18H28N2OS/c1-15(16-9-4-2-5-10-16)21-14-8-13-19-18(22)20-17-11-6-3-7-12-17/h2,4-5,9-10,15,17H,3,6-8,11-14H2,1H3,(H2,19,20,22)/t15-/m1/s1. The van der Waals surface area contributed by atoms with Gasteiger partial charge in [-0.3, -0.25) is 0 Å². The Morgan fingerprint density at radius 3 is 2.68 bits per heavy atom. The molecule has 2 rings (SSSR count). The minimum absolute atomic E-state index is 0.147. The van der Waals surface area contributed by atoms with Crippen LogP contribution in [0, 0.1) is 0 Å². The molecule has 0 radical (unpaired) electrons. The van der Waals surface area contributed by atoms with E-state index in [9.17, 15) is 0 Å². The molecule has 1 aliphatic rings. The lowest BCUT2D eigenvalue weighted by molar-refractivity contribution is 0.0646. The van der Waals surface area contributed by atoms with Crippen molar-refractivity contribution >= 4 is 17.3 Å². The van der Waals surface area contributed by atoms with Crippen LogP contribution in [0.25, 0.3) is 0 Å². The lowest BCUT2D eigenvalue weighted by Gasteiger charge is -2.24. The number of hydrogen-bond donors (Lipinski definition) is 2. The Labute approximate surface area is 139 Å². The van der Waals surface area contributed by atoms with Crippen molar-refractivity contribution in [1.82, 2.24) is 10.6 Å². The van der Waals surface area contributed by atoms with Crippen LogP contribution >= 0.6 is 12.2 Å². The highest BCUT2D eigenvalue weighted by Crippen LogP contribution is 2.17. The van der Waals surface area contributed by atoms with Gasteiger partial charge in [0.15, 0.2) is 5.11 Å². The molecule has 1 saturated carbocycles. The Kier molecular flexibility index (Phi) is 7.67. The molecule has 0 aromatic heterocycles. The summed E-state index contributed by atoms with van der Waals surface area (Å²) in [5.41, 5.74) is 1.23. The van der Waals surface area contributed by atoms with Crippen molar-refractivity contribution in [2.24, 2.45) is 0 Å². The molecular formula is C18H28N2OS. The van der Waals surface area contributed by atoms with Gasteiger partial charge in [-0.15, -0.1) is 0 Å². The van der Waals surface area contributed by atoms with Crippen molar-refractivity contribution in [2.75, 3.05) is 13.2 Å². The zero-order valence-corrected chi connectivity index (χ0v) is 14.3. The number of thiocarbonyl (C=S) groups is 1. The van der Waals surface area contributed by atoms with E-state index in [1.165, 1.54) is 37.7 Å². The van der Waals surface area contributed by atoms with Crippen LogP contribution in [0.3, 0.4) is 0 Å². The molecule has 1 aromatic carbocycles. The van der Waals surface area contributed by atoms with E-state index >= 15 is 0 Å². The Morgan fingerprint density at radius 1 is 1.23 bits per heavy atom. The number of hydrogen-bond acceptors (Lipinski definition) is 2. The first kappa shape index (κ1) is 17.2. The maximum atomic E-state index is 5.86. The Morgan fingerprint density at radius 2 is 1.95 bits per heavy atom. The van der Waals surface area contributed by atoms with Gasteiger partial charge < -0.3 is 15.4 Å². The molecule has 4 heteroatoms. The Hall–Kier alpha value is -1.13. The molecule has 0 heterocycles. The van der Waals surface area contributed by atoms with Crippen molar-refractivity contribution in [3.8, 4) is 0 Å². The smallest absolute Gasteiger partial charge is 0.166 e. The first-order chi connectivity index (χ1) is 10.8. The topological polar surface area (TPSA) is 33.3 Å². The zero-order chi connectivity index (χ0) is 15.6. The summed E-state index contributed by atoms with van der Waals surface area (Å²) < 4.78 is 5.86. The summed E-state index contributed by atoms with van der Waals surface area (Å²) >= 11 is 5.35. The summed E-state index contributed by atoms with van der Waals surface area (Å²) in [6.45, 7) is 3.70. The molecule has 0 amide bonds. The van der Waals surface area contributed by atoms with Crippen LogP contribution in [0.1, 0.15) is 57.1 Å². The highest BCUT2D eigenvalue weighted by Gasteiger charge is 2.13. The first-order valence-electron chi connectivity index (χ1n) is 8.46. The van der Waals surface area contributed by atoms with Gasteiger partial charge in [0, 0.05) is 19.2 Å². The van der Waals surface area contributed by atoms with Crippen molar-refractivity contribution in [3.63, 3.8) is 0 Å². The number of benzene rings is 1. The third-order valence-electron chi connectivity index (χ3n) is 4.18. The summed E-state index contributed by atoms with van der Waals surface area (Å²) in [6, 6.07) is 10.9. The molecule has 122 valence electrons. The van der Waals surface area contributed by atoms with Crippen molar-refractivity contribution in [1.29, 1.82) is 0 Å². The van der Waals surface area contributed by atoms with Crippen molar-refractivity contribution in [3.05, 3.63) is 35.9 Å². The first-order valence-corrected chi connectivity index (χ1v) is 8.87. The molecule has 3 nitrogen and oxygen atoms in total. The van der Waals surface area contributed by atoms with E-state index in [1.807, 2.05) is 18.2 Å². The maximum absolute atomic E-state index is 5.86. The Balaban J connectivity index is 1.52. The third kappa shape index (κ3) is 6.32. The molecule has 0 spiro atoms. The van der Waals surface area contributed by atoms with Gasteiger partial charge in [-0.25, -0.2) is 0 Å². The number of ether oxygens (including phenoxy) is 1. The minimum atomic E-state index is 0.147. The maximum Gasteiger partial charge on any atom is 0.166 e. The third-order valence-corrected chi connectivity index (χ3v) is 4.45. The van der Waals surface area contributed by atoms with E-state index in [-0.39, 0.29) is 6.10 Å². The van der Waals surface area contributed by atoms with Gasteiger partial charge in [-0.1, -0.05) is 49.6 Å². The van der Waals surface area contributed by atoms with Gasteiger partial charge in [0.25, 0.3) is 0 Å². The second-order valence-corrected chi connectivity index (χ2v) is 6.42. The quantitative estimate of drug-likeness (QED) is 0.589. The largest absolute Gasteiger partial charge is 0.374 e. The van der Waals surface area contributed by atoms with Gasteiger partial charge in [0.05, 0.1) is 6.10 Å². The molecule has 2 N–H and O–H groups in total. The molecule has 1 aromatic rings. The monoisotopic (exact) mass is 320 g/mol. The predicted octanol–water partition coefficient (Wildman–Crippen LogP) is 3.95. The second kappa shape index (κ2) is 9.80. The normalized spacial score (nSPS) is 17.0. The average molecular weight is 321 g/mol. The van der Waals surface area contributed by atoms with E-state index in [2.05, 4.69) is 29.7 Å². The van der Waals surface area contributed by atoms with E-state index in [4.69, 9.17) is 17.0 Å². The second-order valence-electron chi connectivity index (χ2n) is 6.01. The fraction of sp³-hybridized carbons (Fsp3) is 0.611. The van der Waals surface area contributed by atoms with E-state index < -0.39 is 0 Å². The van der Waals surface area contributed by atoms with Gasteiger partial charge in [-0.05, 0) is 44.0 Å². The molecule has 1 aliphatic carbocycles. The number of nitrogens with one attached hydrogen (secondary N) is 2. The van der Waals surface area contributed by atoms with Crippen LogP contribution in [0.15, 0.2) is 30.3 Å². The van der Waals surface area contributed by atoms with E-state index in [0.29, 0.717) is 6.04 Å². The van der Waals surface area contributed by atoms with Gasteiger partial charge in [0.2, 0.25) is 0 Å². The molecule has 1 fully saturated rings. The van der Waals surface area contributed by atoms with Crippen LogP contribution in [0.4, 0.5) is 0 Å². The number of rotatable bonds is 7. The van der Waals surface area contributed by atoms with Gasteiger partial charge in [0.1, 0.15) is 0 Å². The van der Waals surface area contributed by atoms with Crippen LogP contribution < -0.4 is 10.6 Å². The van der Waals surface area contributed by atoms with E-state index in [0.717, 1.165) is 24.7 Å². The zero-order valence-electron chi connectivity index (χ0n) is 13.5. The summed E-state index contributed by atoms with van der Waals surface area (Å²) in [6.07, 6.45) is 7.63. The molecule has 1 atom stereocenters. The molecule has 0 bridgehead atoms. The van der Waals surface area contributed by atoms with Crippen LogP contribution in [0.5, 0.6) is 0 Å². The lowest BCUT2D eigenvalue weighted by Crippen LogP contribution is -2.43. The van der Waals surface area contributed by atoms with Gasteiger partial charge in [-0.2, -0.15) is 0 Å². The highest BCUT2D eigenvalue weighted by atomic mass is 32.1. The lowest BCUT2D eigenvalue weighted by atomic mass is 9.96. The summed E-state index contributed by atoms with van der Waals surface area (Å²) in [5.74, 6) is 0. The fourth-order valence-electron chi connectivity index (χ4n) is 2.84. The Bertz CT molecular complexity index is 432. The summed E-state index contributed by atoms with van der Waals surface area (Å²) in [4.78, 5) is 0. The fourth-order valence-corrected chi connectivity index (χ4v) is 3.11. The molecule has 22 heavy (non-hydrogen) atoms. The summed E-state index contributed by atoms with van der Waals surface area (Å²) in [5, 5.41) is 7.50. The molecule has 0 unspecified atom stereocenters. The van der Waals surface area contributed by atoms with Crippen molar-refractivity contribution < 1.29 is 4.74 Å². The van der Waals surface area contributed by atoms with Gasteiger partial charge >= 0.3 is 0 Å². The predicted molar refractivity (Wildman–Crippen MR) is 96.0 cm³/mol. The van der Waals surface area contributed by atoms with Crippen molar-refractivity contribution in [2.45, 2.75) is 57.6 Å². The van der Waals surface area contributed by atoms with E-state index in [1.54, 1.807) is 0 Å². The SMILES string of the molecule is C[C@@H](OCCCNC(=S)NC1CCCCC1)c1ccccc1. The minimum Gasteiger partial charge on any atom is -0.374 e. The highest BCUT2D eigenvalue weighted by molar-refractivity contribution is 7.80. The van der Waals surface area contributed by atoms with Crippen LogP contribution in [-0.4, -0.2) is 24.3 Å². The van der Waals surface area contributed by atoms with Crippen LogP contribution in [0.2, 0.25) is 0 Å².